The highest BCUT2D eigenvalue weighted by molar-refractivity contribution is 5.92. The van der Waals surface area contributed by atoms with Crippen LogP contribution in [0.5, 0.6) is 0 Å². The number of hydrogen-bond donors (Lipinski definition) is 0. The van der Waals surface area contributed by atoms with Crippen molar-refractivity contribution in [2.45, 2.75) is 33.0 Å². The summed E-state index contributed by atoms with van der Waals surface area (Å²) in [5, 5.41) is 0.145. The predicted octanol–water partition coefficient (Wildman–Crippen LogP) is 3.81. The molecule has 0 aliphatic heterocycles. The molecule has 0 amide bonds. The highest BCUT2D eigenvalue weighted by Crippen LogP contribution is 2.37. The van der Waals surface area contributed by atoms with Crippen molar-refractivity contribution in [3.05, 3.63) is 35.5 Å². The maximum Gasteiger partial charge on any atom is 0.417 e. The van der Waals surface area contributed by atoms with Crippen molar-refractivity contribution in [3.8, 4) is 0 Å². The lowest BCUT2D eigenvalue weighted by molar-refractivity contribution is -0.136. The summed E-state index contributed by atoms with van der Waals surface area (Å²) in [5.74, 6) is -0.146. The molecule has 0 atom stereocenters. The second-order valence-corrected chi connectivity index (χ2v) is 4.52. The molecule has 2 rings (SSSR count). The molecule has 0 N–H and O–H groups in total. The van der Waals surface area contributed by atoms with Crippen LogP contribution in [-0.4, -0.2) is 10.4 Å². The van der Waals surface area contributed by atoms with Crippen molar-refractivity contribution in [3.63, 3.8) is 0 Å². The third-order valence-electron chi connectivity index (χ3n) is 3.07. The van der Waals surface area contributed by atoms with Gasteiger partial charge < -0.3 is 4.57 Å². The SMILES string of the molecule is CCn1cc(CC(C)=O)c2c(C(F)(F)F)cccc21. The normalized spacial score (nSPS) is 12.1. The van der Waals surface area contributed by atoms with Gasteiger partial charge in [0.15, 0.2) is 0 Å². The van der Waals surface area contributed by atoms with E-state index in [-0.39, 0.29) is 17.6 Å². The average molecular weight is 269 g/mol. The topological polar surface area (TPSA) is 22.0 Å². The first-order chi connectivity index (χ1) is 8.84. The number of aryl methyl sites for hydroxylation is 1. The van der Waals surface area contributed by atoms with Gasteiger partial charge in [0, 0.05) is 30.1 Å². The third kappa shape index (κ3) is 2.50. The number of benzene rings is 1. The Kier molecular flexibility index (Phi) is 3.39. The Labute approximate surface area is 108 Å². The van der Waals surface area contributed by atoms with E-state index in [0.717, 1.165) is 6.07 Å². The van der Waals surface area contributed by atoms with Crippen LogP contribution in [0.25, 0.3) is 10.9 Å². The first-order valence-electron chi connectivity index (χ1n) is 6.02. The van der Waals surface area contributed by atoms with Crippen LogP contribution >= 0.6 is 0 Å². The lowest BCUT2D eigenvalue weighted by Gasteiger charge is -2.10. The molecule has 0 aliphatic rings. The van der Waals surface area contributed by atoms with E-state index in [9.17, 15) is 18.0 Å². The van der Waals surface area contributed by atoms with Crippen molar-refractivity contribution in [2.75, 3.05) is 0 Å². The van der Waals surface area contributed by atoms with E-state index in [0.29, 0.717) is 17.6 Å². The van der Waals surface area contributed by atoms with Crippen molar-refractivity contribution in [1.82, 2.24) is 4.57 Å². The number of nitrogens with zero attached hydrogens (tertiary/aromatic N) is 1. The minimum atomic E-state index is -4.41. The fourth-order valence-corrected chi connectivity index (χ4v) is 2.34. The zero-order valence-electron chi connectivity index (χ0n) is 10.7. The molecule has 2 aromatic rings. The van der Waals surface area contributed by atoms with Gasteiger partial charge in [-0.3, -0.25) is 4.79 Å². The van der Waals surface area contributed by atoms with Gasteiger partial charge >= 0.3 is 6.18 Å². The number of carbonyl (C=O) groups excluding carboxylic acids is 1. The molecule has 1 heterocycles. The molecule has 1 aromatic carbocycles. The summed E-state index contributed by atoms with van der Waals surface area (Å²) >= 11 is 0. The summed E-state index contributed by atoms with van der Waals surface area (Å²) < 4.78 is 40.9. The quantitative estimate of drug-likeness (QED) is 0.830. The molecule has 0 radical (unpaired) electrons. The molecule has 2 nitrogen and oxygen atoms in total. The fraction of sp³-hybridized carbons (Fsp3) is 0.357. The maximum absolute atomic E-state index is 13.1. The van der Waals surface area contributed by atoms with E-state index < -0.39 is 11.7 Å². The summed E-state index contributed by atoms with van der Waals surface area (Å²) in [4.78, 5) is 11.2. The molecule has 19 heavy (non-hydrogen) atoms. The van der Waals surface area contributed by atoms with Crippen LogP contribution in [-0.2, 0) is 23.9 Å². The van der Waals surface area contributed by atoms with Crippen LogP contribution < -0.4 is 0 Å². The highest BCUT2D eigenvalue weighted by atomic mass is 19.4. The molecule has 1 aromatic heterocycles. The first-order valence-corrected chi connectivity index (χ1v) is 6.02. The minimum Gasteiger partial charge on any atom is -0.347 e. The molecule has 0 unspecified atom stereocenters. The van der Waals surface area contributed by atoms with E-state index in [2.05, 4.69) is 0 Å². The molecule has 0 bridgehead atoms. The number of alkyl halides is 3. The summed E-state index contributed by atoms with van der Waals surface area (Å²) in [7, 11) is 0. The number of ketones is 1. The fourth-order valence-electron chi connectivity index (χ4n) is 2.34. The lowest BCUT2D eigenvalue weighted by Crippen LogP contribution is -2.07. The number of aromatic nitrogens is 1. The number of rotatable bonds is 3. The van der Waals surface area contributed by atoms with E-state index in [1.807, 2.05) is 6.92 Å². The summed E-state index contributed by atoms with van der Waals surface area (Å²) in [5.41, 5.74) is 0.291. The molecule has 0 aliphatic carbocycles. The molecule has 0 fully saturated rings. The summed E-state index contributed by atoms with van der Waals surface area (Å²) in [6, 6.07) is 4.11. The van der Waals surface area contributed by atoms with Gasteiger partial charge in [-0.2, -0.15) is 13.2 Å². The standard InChI is InChI=1S/C14H14F3NO/c1-3-18-8-10(7-9(2)19)13-11(14(15,16)17)5-4-6-12(13)18/h4-6,8H,3,7H2,1-2H3. The monoisotopic (exact) mass is 269 g/mol. The molecule has 102 valence electrons. The molecule has 0 spiro atoms. The Morgan fingerprint density at radius 1 is 1.32 bits per heavy atom. The lowest BCUT2D eigenvalue weighted by atomic mass is 10.0. The first kappa shape index (κ1) is 13.6. The van der Waals surface area contributed by atoms with Crippen molar-refractivity contribution in [2.24, 2.45) is 0 Å². The van der Waals surface area contributed by atoms with Gasteiger partial charge in [-0.25, -0.2) is 0 Å². The number of Topliss-reactive ketones (excluding diaryl/α,β-unsaturated/α-hetero) is 1. The van der Waals surface area contributed by atoms with Gasteiger partial charge in [0.25, 0.3) is 0 Å². The van der Waals surface area contributed by atoms with Crippen LogP contribution in [0.15, 0.2) is 24.4 Å². The molecule has 0 saturated heterocycles. The second-order valence-electron chi connectivity index (χ2n) is 4.52. The third-order valence-corrected chi connectivity index (χ3v) is 3.07. The zero-order valence-corrected chi connectivity index (χ0v) is 10.7. The van der Waals surface area contributed by atoms with E-state index in [1.54, 1.807) is 16.8 Å². The largest absolute Gasteiger partial charge is 0.417 e. The van der Waals surface area contributed by atoms with Crippen molar-refractivity contribution >= 4 is 16.7 Å². The highest BCUT2D eigenvalue weighted by Gasteiger charge is 2.34. The molecular weight excluding hydrogens is 255 g/mol. The van der Waals surface area contributed by atoms with Crippen molar-refractivity contribution < 1.29 is 18.0 Å². The second kappa shape index (κ2) is 4.72. The Bertz CT molecular complexity index is 625. The summed E-state index contributed by atoms with van der Waals surface area (Å²) in [6.45, 7) is 3.80. The van der Waals surface area contributed by atoms with Gasteiger partial charge in [-0.1, -0.05) is 6.07 Å². The van der Waals surface area contributed by atoms with Crippen LogP contribution in [0.1, 0.15) is 25.0 Å². The van der Waals surface area contributed by atoms with E-state index >= 15 is 0 Å². The Balaban J connectivity index is 2.77. The van der Waals surface area contributed by atoms with E-state index in [4.69, 9.17) is 0 Å². The van der Waals surface area contributed by atoms with Crippen LogP contribution in [0.3, 0.4) is 0 Å². The van der Waals surface area contributed by atoms with Gasteiger partial charge in [0.05, 0.1) is 5.56 Å². The Hall–Kier alpha value is -1.78. The van der Waals surface area contributed by atoms with Crippen LogP contribution in [0, 0.1) is 0 Å². The molecular formula is C14H14F3NO. The van der Waals surface area contributed by atoms with E-state index in [1.165, 1.54) is 13.0 Å². The zero-order chi connectivity index (χ0) is 14.2. The number of halogens is 3. The van der Waals surface area contributed by atoms with Crippen molar-refractivity contribution in [1.29, 1.82) is 0 Å². The van der Waals surface area contributed by atoms with Gasteiger partial charge in [-0.15, -0.1) is 0 Å². The van der Waals surface area contributed by atoms with Gasteiger partial charge in [0.2, 0.25) is 0 Å². The van der Waals surface area contributed by atoms with Crippen LogP contribution in [0.4, 0.5) is 13.2 Å². The maximum atomic E-state index is 13.1. The predicted molar refractivity (Wildman–Crippen MR) is 67.0 cm³/mol. The smallest absolute Gasteiger partial charge is 0.347 e. The number of hydrogen-bond acceptors (Lipinski definition) is 1. The molecule has 5 heteroatoms. The average Bonchev–Trinajstić information content (AvgIpc) is 2.65. The van der Waals surface area contributed by atoms with Crippen LogP contribution in [0.2, 0.25) is 0 Å². The van der Waals surface area contributed by atoms with Gasteiger partial charge in [0.1, 0.15) is 5.78 Å². The van der Waals surface area contributed by atoms with Gasteiger partial charge in [-0.05, 0) is 31.5 Å². The Morgan fingerprint density at radius 3 is 2.53 bits per heavy atom. The molecule has 0 saturated carbocycles. The summed E-state index contributed by atoms with van der Waals surface area (Å²) in [6.07, 6.45) is -2.75. The Morgan fingerprint density at radius 2 is 2.00 bits per heavy atom. The minimum absolute atomic E-state index is 0.0244. The number of carbonyl (C=O) groups is 1. The number of fused-ring (bicyclic) bond motifs is 1.